The van der Waals surface area contributed by atoms with Crippen LogP contribution in [0.5, 0.6) is 11.8 Å². The van der Waals surface area contributed by atoms with Crippen molar-refractivity contribution >= 4 is 17.4 Å². The molecule has 0 saturated heterocycles. The van der Waals surface area contributed by atoms with Crippen molar-refractivity contribution in [2.24, 2.45) is 0 Å². The summed E-state index contributed by atoms with van der Waals surface area (Å²) in [6, 6.07) is 4.67. The molecule has 0 amide bonds. The topological polar surface area (TPSA) is 74.2 Å². The van der Waals surface area contributed by atoms with Crippen LogP contribution in [0.25, 0.3) is 0 Å². The molecule has 98 valence electrons. The summed E-state index contributed by atoms with van der Waals surface area (Å²) in [6.07, 6.45) is 1.47. The van der Waals surface area contributed by atoms with Crippen molar-refractivity contribution in [1.82, 2.24) is 15.0 Å². The Balaban J connectivity index is 2.47. The second kappa shape index (κ2) is 5.62. The standard InChI is InChI=1S/C12H10ClN3O3/c1-18-8-6-9(19-2)16-12(15-8)11(17)10-7(13)4-3-5-14-10/h3-6H,1-2H3. The van der Waals surface area contributed by atoms with Gasteiger partial charge in [0.1, 0.15) is 5.69 Å². The van der Waals surface area contributed by atoms with Crippen LogP contribution in [-0.4, -0.2) is 35.0 Å². The Labute approximate surface area is 114 Å². The highest BCUT2D eigenvalue weighted by atomic mass is 35.5. The molecule has 6 nitrogen and oxygen atoms in total. The van der Waals surface area contributed by atoms with E-state index in [0.29, 0.717) is 0 Å². The Hall–Kier alpha value is -2.21. The number of carbonyl (C=O) groups is 1. The Morgan fingerprint density at radius 1 is 1.21 bits per heavy atom. The molecule has 0 spiro atoms. The zero-order chi connectivity index (χ0) is 13.8. The number of ether oxygens (including phenoxy) is 2. The maximum Gasteiger partial charge on any atom is 0.250 e. The van der Waals surface area contributed by atoms with Gasteiger partial charge < -0.3 is 9.47 Å². The van der Waals surface area contributed by atoms with Crippen molar-refractivity contribution in [2.45, 2.75) is 0 Å². The summed E-state index contributed by atoms with van der Waals surface area (Å²) >= 11 is 5.91. The molecule has 0 aliphatic heterocycles. The highest BCUT2D eigenvalue weighted by Crippen LogP contribution is 2.19. The fraction of sp³-hybridized carbons (Fsp3) is 0.167. The molecule has 0 aliphatic rings. The van der Waals surface area contributed by atoms with E-state index < -0.39 is 5.78 Å². The second-order valence-corrected chi connectivity index (χ2v) is 3.85. The number of halogens is 1. The molecule has 2 aromatic rings. The molecule has 7 heteroatoms. The predicted octanol–water partition coefficient (Wildman–Crippen LogP) is 1.77. The van der Waals surface area contributed by atoms with E-state index in [4.69, 9.17) is 21.1 Å². The molecule has 0 N–H and O–H groups in total. The molecule has 0 bridgehead atoms. The summed E-state index contributed by atoms with van der Waals surface area (Å²) in [5.74, 6) is -0.135. The Morgan fingerprint density at radius 3 is 2.37 bits per heavy atom. The number of hydrogen-bond donors (Lipinski definition) is 0. The fourth-order valence-electron chi connectivity index (χ4n) is 1.37. The minimum Gasteiger partial charge on any atom is -0.481 e. The van der Waals surface area contributed by atoms with Gasteiger partial charge in [0, 0.05) is 6.20 Å². The SMILES string of the molecule is COc1cc(OC)nc(C(=O)c2ncccc2Cl)n1. The Morgan fingerprint density at radius 2 is 1.84 bits per heavy atom. The first-order chi connectivity index (χ1) is 9.15. The summed E-state index contributed by atoms with van der Waals surface area (Å²) in [6.45, 7) is 0. The van der Waals surface area contributed by atoms with Crippen molar-refractivity contribution in [3.8, 4) is 11.8 Å². The maximum atomic E-state index is 12.2. The maximum absolute atomic E-state index is 12.2. The average Bonchev–Trinajstić information content (AvgIpc) is 2.46. The lowest BCUT2D eigenvalue weighted by Crippen LogP contribution is -2.11. The van der Waals surface area contributed by atoms with Gasteiger partial charge in [-0.05, 0) is 12.1 Å². The highest BCUT2D eigenvalue weighted by Gasteiger charge is 2.19. The minimum absolute atomic E-state index is 0.0828. The van der Waals surface area contributed by atoms with E-state index in [0.717, 1.165) is 0 Å². The van der Waals surface area contributed by atoms with Gasteiger partial charge in [0.2, 0.25) is 23.4 Å². The average molecular weight is 280 g/mol. The molecule has 0 saturated carbocycles. The van der Waals surface area contributed by atoms with Crippen molar-refractivity contribution in [3.05, 3.63) is 40.9 Å². The van der Waals surface area contributed by atoms with Gasteiger partial charge in [0.25, 0.3) is 0 Å². The minimum atomic E-state index is -0.497. The quantitative estimate of drug-likeness (QED) is 0.794. The molecule has 0 fully saturated rings. The lowest BCUT2D eigenvalue weighted by atomic mass is 10.2. The summed E-state index contributed by atoms with van der Waals surface area (Å²) in [5, 5.41) is 0.234. The van der Waals surface area contributed by atoms with Crippen LogP contribution in [0.15, 0.2) is 24.4 Å². The van der Waals surface area contributed by atoms with Gasteiger partial charge in [0.05, 0.1) is 25.3 Å². The van der Waals surface area contributed by atoms with Crippen LogP contribution in [0, 0.1) is 0 Å². The Bertz CT molecular complexity index is 597. The van der Waals surface area contributed by atoms with Crippen LogP contribution < -0.4 is 9.47 Å². The molecule has 0 aromatic carbocycles. The van der Waals surface area contributed by atoms with Crippen LogP contribution in [-0.2, 0) is 0 Å². The third-order valence-corrected chi connectivity index (χ3v) is 2.58. The first kappa shape index (κ1) is 13.2. The van der Waals surface area contributed by atoms with Gasteiger partial charge in [-0.25, -0.2) is 0 Å². The summed E-state index contributed by atoms with van der Waals surface area (Å²) in [4.78, 5) is 24.1. The molecule has 2 heterocycles. The summed E-state index contributed by atoms with van der Waals surface area (Å²) in [5.41, 5.74) is 0.0828. The third-order valence-electron chi connectivity index (χ3n) is 2.27. The van der Waals surface area contributed by atoms with Crippen molar-refractivity contribution in [3.63, 3.8) is 0 Å². The number of rotatable bonds is 4. The van der Waals surface area contributed by atoms with E-state index in [1.807, 2.05) is 0 Å². The lowest BCUT2D eigenvalue weighted by molar-refractivity contribution is 0.102. The molecular weight excluding hydrogens is 270 g/mol. The zero-order valence-corrected chi connectivity index (χ0v) is 11.0. The highest BCUT2D eigenvalue weighted by molar-refractivity contribution is 6.34. The number of nitrogens with zero attached hydrogens (tertiary/aromatic N) is 3. The largest absolute Gasteiger partial charge is 0.481 e. The van der Waals surface area contributed by atoms with E-state index in [1.54, 1.807) is 12.1 Å². The van der Waals surface area contributed by atoms with Crippen LogP contribution in [0.2, 0.25) is 5.02 Å². The first-order valence-electron chi connectivity index (χ1n) is 5.28. The molecule has 19 heavy (non-hydrogen) atoms. The van der Waals surface area contributed by atoms with E-state index in [9.17, 15) is 4.79 Å². The van der Waals surface area contributed by atoms with Crippen LogP contribution in [0.4, 0.5) is 0 Å². The number of ketones is 1. The monoisotopic (exact) mass is 279 g/mol. The van der Waals surface area contributed by atoms with E-state index >= 15 is 0 Å². The normalized spacial score (nSPS) is 10.1. The first-order valence-corrected chi connectivity index (χ1v) is 5.65. The van der Waals surface area contributed by atoms with Crippen molar-refractivity contribution in [1.29, 1.82) is 0 Å². The van der Waals surface area contributed by atoms with Crippen LogP contribution in [0.1, 0.15) is 16.3 Å². The van der Waals surface area contributed by atoms with E-state index in [2.05, 4.69) is 15.0 Å². The molecule has 0 atom stereocenters. The molecule has 0 radical (unpaired) electrons. The number of hydrogen-bond acceptors (Lipinski definition) is 6. The third kappa shape index (κ3) is 2.79. The molecule has 0 aliphatic carbocycles. The van der Waals surface area contributed by atoms with Gasteiger partial charge >= 0.3 is 0 Å². The van der Waals surface area contributed by atoms with Gasteiger partial charge in [-0.2, -0.15) is 9.97 Å². The van der Waals surface area contributed by atoms with Crippen LogP contribution >= 0.6 is 11.6 Å². The van der Waals surface area contributed by atoms with Crippen LogP contribution in [0.3, 0.4) is 0 Å². The van der Waals surface area contributed by atoms with Gasteiger partial charge in [-0.15, -0.1) is 0 Å². The molecule has 2 aromatic heterocycles. The van der Waals surface area contributed by atoms with E-state index in [-0.39, 0.29) is 28.3 Å². The van der Waals surface area contributed by atoms with Gasteiger partial charge in [-0.3, -0.25) is 9.78 Å². The summed E-state index contributed by atoms with van der Waals surface area (Å²) < 4.78 is 9.95. The second-order valence-electron chi connectivity index (χ2n) is 3.44. The van der Waals surface area contributed by atoms with Crippen molar-refractivity contribution < 1.29 is 14.3 Å². The molecule has 0 unspecified atom stereocenters. The zero-order valence-electron chi connectivity index (χ0n) is 10.3. The number of carbonyl (C=O) groups excluding carboxylic acids is 1. The summed E-state index contributed by atoms with van der Waals surface area (Å²) in [7, 11) is 2.87. The fourth-order valence-corrected chi connectivity index (χ4v) is 1.58. The Kier molecular flexibility index (Phi) is 3.91. The lowest BCUT2D eigenvalue weighted by Gasteiger charge is -2.06. The molecule has 2 rings (SSSR count). The number of aromatic nitrogens is 3. The van der Waals surface area contributed by atoms with Gasteiger partial charge in [0.15, 0.2) is 0 Å². The number of methoxy groups -OCH3 is 2. The smallest absolute Gasteiger partial charge is 0.250 e. The molecular formula is C12H10ClN3O3. The number of pyridine rings is 1. The van der Waals surface area contributed by atoms with Crippen molar-refractivity contribution in [2.75, 3.05) is 14.2 Å². The van der Waals surface area contributed by atoms with Gasteiger partial charge in [-0.1, -0.05) is 11.6 Å². The van der Waals surface area contributed by atoms with E-state index in [1.165, 1.54) is 26.5 Å². The predicted molar refractivity (Wildman–Crippen MR) is 67.8 cm³/mol.